The van der Waals surface area contributed by atoms with Gasteiger partial charge >= 0.3 is 0 Å². The molecule has 1 aromatic heterocycles. The van der Waals surface area contributed by atoms with Crippen LogP contribution in [-0.4, -0.2) is 33.7 Å². The topological polar surface area (TPSA) is 76.0 Å². The molecule has 3 rings (SSSR count). The first-order chi connectivity index (χ1) is 14.6. The summed E-state index contributed by atoms with van der Waals surface area (Å²) >= 11 is 1.24. The van der Waals surface area contributed by atoms with Crippen molar-refractivity contribution in [1.29, 1.82) is 0 Å². The number of amides is 2. The van der Waals surface area contributed by atoms with Crippen LogP contribution >= 0.6 is 11.8 Å². The van der Waals surface area contributed by atoms with Crippen LogP contribution in [0.25, 0.3) is 5.69 Å². The number of carbonyl (C=O) groups excluding carboxylic acids is 2. The van der Waals surface area contributed by atoms with E-state index in [0.29, 0.717) is 17.3 Å². The summed E-state index contributed by atoms with van der Waals surface area (Å²) in [5.74, 6) is -0.807. The number of imidazole rings is 1. The van der Waals surface area contributed by atoms with Crippen molar-refractivity contribution in [3.05, 3.63) is 72.3 Å². The largest absolute Gasteiger partial charge is 0.352 e. The fourth-order valence-corrected chi connectivity index (χ4v) is 3.50. The number of aromatic nitrogens is 2. The van der Waals surface area contributed by atoms with Gasteiger partial charge in [0.25, 0.3) is 5.91 Å². The van der Waals surface area contributed by atoms with Crippen molar-refractivity contribution in [2.45, 2.75) is 24.9 Å². The highest BCUT2D eigenvalue weighted by molar-refractivity contribution is 7.99. The van der Waals surface area contributed by atoms with E-state index in [1.807, 2.05) is 16.7 Å². The van der Waals surface area contributed by atoms with E-state index in [2.05, 4.69) is 22.5 Å². The highest BCUT2D eigenvalue weighted by Crippen LogP contribution is 2.21. The Hall–Kier alpha value is -3.13. The number of nitrogens with zero attached hydrogens (tertiary/aromatic N) is 2. The molecule has 0 radical (unpaired) electrons. The van der Waals surface area contributed by atoms with Crippen LogP contribution in [-0.2, 0) is 4.79 Å². The Balaban J connectivity index is 1.60. The van der Waals surface area contributed by atoms with Crippen LogP contribution in [0.15, 0.2) is 66.1 Å². The zero-order valence-electron chi connectivity index (χ0n) is 16.6. The number of para-hydroxylation sites is 1. The van der Waals surface area contributed by atoms with Crippen LogP contribution in [0.4, 0.5) is 10.1 Å². The molecule has 0 unspecified atom stereocenters. The highest BCUT2D eigenvalue weighted by atomic mass is 32.2. The van der Waals surface area contributed by atoms with E-state index in [4.69, 9.17) is 0 Å². The van der Waals surface area contributed by atoms with E-state index in [0.717, 1.165) is 18.5 Å². The fourth-order valence-electron chi connectivity index (χ4n) is 2.73. The fraction of sp³-hybridized carbons (Fsp3) is 0.227. The van der Waals surface area contributed by atoms with Crippen molar-refractivity contribution in [1.82, 2.24) is 14.9 Å². The SMILES string of the molecule is CCCCNC(=O)c1ccc(-n2ccnc2SCC(=O)Nc2ccccc2F)cc1. The van der Waals surface area contributed by atoms with E-state index in [-0.39, 0.29) is 23.3 Å². The minimum atomic E-state index is -0.476. The number of carbonyl (C=O) groups is 2. The number of halogens is 1. The van der Waals surface area contributed by atoms with Crippen molar-refractivity contribution >= 4 is 29.3 Å². The Kier molecular flexibility index (Phi) is 7.62. The summed E-state index contributed by atoms with van der Waals surface area (Å²) in [5, 5.41) is 6.07. The number of benzene rings is 2. The monoisotopic (exact) mass is 426 g/mol. The molecule has 0 bridgehead atoms. The maximum atomic E-state index is 13.7. The van der Waals surface area contributed by atoms with E-state index in [1.165, 1.54) is 23.9 Å². The second-order valence-electron chi connectivity index (χ2n) is 6.55. The smallest absolute Gasteiger partial charge is 0.251 e. The summed E-state index contributed by atoms with van der Waals surface area (Å²) < 4.78 is 15.5. The standard InChI is InChI=1S/C22H23FN4O2S/c1-2-3-12-24-21(29)16-8-10-17(11-9-16)27-14-13-25-22(27)30-15-20(28)26-19-7-5-4-6-18(19)23/h4-11,13-14H,2-3,12,15H2,1H3,(H,24,29)(H,26,28). The molecule has 3 aromatic rings. The van der Waals surface area contributed by atoms with Crippen molar-refractivity contribution in [2.75, 3.05) is 17.6 Å². The molecule has 2 aromatic carbocycles. The highest BCUT2D eigenvalue weighted by Gasteiger charge is 2.12. The van der Waals surface area contributed by atoms with E-state index in [1.54, 1.807) is 36.7 Å². The summed E-state index contributed by atoms with van der Waals surface area (Å²) in [6, 6.07) is 13.2. The Morgan fingerprint density at radius 3 is 2.63 bits per heavy atom. The van der Waals surface area contributed by atoms with Crippen LogP contribution in [0.5, 0.6) is 0 Å². The van der Waals surface area contributed by atoms with Crippen LogP contribution in [0.1, 0.15) is 30.1 Å². The molecule has 0 aliphatic rings. The first-order valence-corrected chi connectivity index (χ1v) is 10.7. The Morgan fingerprint density at radius 2 is 1.90 bits per heavy atom. The van der Waals surface area contributed by atoms with Gasteiger partial charge in [0, 0.05) is 30.2 Å². The van der Waals surface area contributed by atoms with Crippen molar-refractivity contribution in [2.24, 2.45) is 0 Å². The molecule has 156 valence electrons. The summed E-state index contributed by atoms with van der Waals surface area (Å²) in [6.45, 7) is 2.74. The number of anilines is 1. The molecule has 1 heterocycles. The molecule has 8 heteroatoms. The molecule has 0 saturated carbocycles. The second kappa shape index (κ2) is 10.6. The minimum absolute atomic E-state index is 0.0866. The number of hydrogen-bond acceptors (Lipinski definition) is 4. The second-order valence-corrected chi connectivity index (χ2v) is 7.50. The number of nitrogens with one attached hydrogen (secondary N) is 2. The van der Waals surface area contributed by atoms with Gasteiger partial charge in [-0.05, 0) is 42.8 Å². The van der Waals surface area contributed by atoms with Crippen molar-refractivity contribution in [3.63, 3.8) is 0 Å². The lowest BCUT2D eigenvalue weighted by Crippen LogP contribution is -2.24. The molecule has 2 amide bonds. The predicted molar refractivity (Wildman–Crippen MR) is 117 cm³/mol. The summed E-state index contributed by atoms with van der Waals surface area (Å²) in [5.41, 5.74) is 1.57. The van der Waals surface area contributed by atoms with Gasteiger partial charge in [-0.25, -0.2) is 9.37 Å². The first kappa shape index (κ1) is 21.6. The van der Waals surface area contributed by atoms with Crippen LogP contribution in [0.2, 0.25) is 0 Å². The van der Waals surface area contributed by atoms with Crippen molar-refractivity contribution < 1.29 is 14.0 Å². The molecule has 6 nitrogen and oxygen atoms in total. The van der Waals surface area contributed by atoms with E-state index < -0.39 is 5.82 Å². The number of unbranched alkanes of at least 4 members (excludes halogenated alkanes) is 1. The van der Waals surface area contributed by atoms with Gasteiger partial charge in [0.05, 0.1) is 11.4 Å². The van der Waals surface area contributed by atoms with Gasteiger partial charge < -0.3 is 10.6 Å². The van der Waals surface area contributed by atoms with Crippen LogP contribution in [0.3, 0.4) is 0 Å². The van der Waals surface area contributed by atoms with Gasteiger partial charge in [0.15, 0.2) is 5.16 Å². The average molecular weight is 427 g/mol. The molecule has 0 spiro atoms. The lowest BCUT2D eigenvalue weighted by molar-refractivity contribution is -0.113. The van der Waals surface area contributed by atoms with Crippen LogP contribution in [0, 0.1) is 5.82 Å². The normalized spacial score (nSPS) is 10.6. The van der Waals surface area contributed by atoms with Gasteiger partial charge in [0.1, 0.15) is 5.82 Å². The quantitative estimate of drug-likeness (QED) is 0.396. The molecule has 0 aliphatic carbocycles. The number of rotatable bonds is 9. The molecule has 0 saturated heterocycles. The molecular formula is C22H23FN4O2S. The number of hydrogen-bond donors (Lipinski definition) is 2. The Morgan fingerprint density at radius 1 is 1.13 bits per heavy atom. The maximum Gasteiger partial charge on any atom is 0.251 e. The Labute approximate surface area is 178 Å². The lowest BCUT2D eigenvalue weighted by Gasteiger charge is -2.09. The summed E-state index contributed by atoms with van der Waals surface area (Å²) in [6.07, 6.45) is 5.40. The lowest BCUT2D eigenvalue weighted by atomic mass is 10.2. The van der Waals surface area contributed by atoms with Gasteiger partial charge in [-0.2, -0.15) is 0 Å². The average Bonchev–Trinajstić information content (AvgIpc) is 3.23. The van der Waals surface area contributed by atoms with Gasteiger partial charge in [-0.3, -0.25) is 14.2 Å². The molecule has 2 N–H and O–H groups in total. The first-order valence-electron chi connectivity index (χ1n) is 9.67. The third kappa shape index (κ3) is 5.70. The van der Waals surface area contributed by atoms with Gasteiger partial charge in [-0.15, -0.1) is 0 Å². The van der Waals surface area contributed by atoms with Crippen LogP contribution < -0.4 is 10.6 Å². The van der Waals surface area contributed by atoms with Crippen molar-refractivity contribution in [3.8, 4) is 5.69 Å². The van der Waals surface area contributed by atoms with E-state index in [9.17, 15) is 14.0 Å². The maximum absolute atomic E-state index is 13.7. The predicted octanol–water partition coefficient (Wildman–Crippen LogP) is 4.27. The zero-order chi connectivity index (χ0) is 21.3. The zero-order valence-corrected chi connectivity index (χ0v) is 17.4. The molecule has 30 heavy (non-hydrogen) atoms. The van der Waals surface area contributed by atoms with Gasteiger partial charge in [-0.1, -0.05) is 37.2 Å². The third-order valence-electron chi connectivity index (χ3n) is 4.31. The molecule has 0 atom stereocenters. The van der Waals surface area contributed by atoms with Gasteiger partial charge in [0.2, 0.25) is 5.91 Å². The molecule has 0 aliphatic heterocycles. The third-order valence-corrected chi connectivity index (χ3v) is 5.28. The Bertz CT molecular complexity index is 1000. The summed E-state index contributed by atoms with van der Waals surface area (Å²) in [7, 11) is 0. The molecular weight excluding hydrogens is 403 g/mol. The van der Waals surface area contributed by atoms with E-state index >= 15 is 0 Å². The number of thioether (sulfide) groups is 1. The minimum Gasteiger partial charge on any atom is -0.352 e. The molecule has 0 fully saturated rings. The summed E-state index contributed by atoms with van der Waals surface area (Å²) in [4.78, 5) is 28.6.